The van der Waals surface area contributed by atoms with E-state index in [4.69, 9.17) is 4.74 Å². The Morgan fingerprint density at radius 2 is 1.88 bits per heavy atom. The number of aromatic nitrogens is 1. The van der Waals surface area contributed by atoms with Crippen LogP contribution in [0.15, 0.2) is 76.8 Å². The molecule has 0 spiro atoms. The van der Waals surface area contributed by atoms with Gasteiger partial charge in [0.2, 0.25) is 0 Å². The van der Waals surface area contributed by atoms with Crippen LogP contribution in [-0.4, -0.2) is 28.9 Å². The van der Waals surface area contributed by atoms with Gasteiger partial charge < -0.3 is 9.84 Å². The first-order valence-corrected chi connectivity index (χ1v) is 11.8. The topological polar surface area (TPSA) is 79.7 Å². The number of carbonyl (C=O) groups is 2. The predicted octanol–water partition coefficient (Wildman–Crippen LogP) is 5.83. The number of nitrogens with zero attached hydrogens (tertiary/aromatic N) is 2. The molecule has 3 aromatic carbocycles. The summed E-state index contributed by atoms with van der Waals surface area (Å²) in [5.74, 6) is -1.87. The van der Waals surface area contributed by atoms with Crippen LogP contribution in [0.2, 0.25) is 0 Å². The van der Waals surface area contributed by atoms with Crippen molar-refractivity contribution in [2.45, 2.75) is 6.04 Å². The number of carbonyl (C=O) groups excluding carboxylic acids is 2. The summed E-state index contributed by atoms with van der Waals surface area (Å²) < 4.78 is 20.2. The second-order valence-corrected chi connectivity index (χ2v) is 9.49. The Morgan fingerprint density at radius 1 is 1.12 bits per heavy atom. The van der Waals surface area contributed by atoms with Gasteiger partial charge in [-0.2, -0.15) is 0 Å². The number of hydrogen-bond acceptors (Lipinski definition) is 6. The molecule has 1 saturated heterocycles. The first-order valence-electron chi connectivity index (χ1n) is 10.1. The molecule has 1 aliphatic rings. The monoisotopic (exact) mass is 538 g/mol. The minimum atomic E-state index is -0.926. The van der Waals surface area contributed by atoms with Crippen LogP contribution in [0.3, 0.4) is 0 Å². The third-order valence-electron chi connectivity index (χ3n) is 5.52. The minimum Gasteiger partial charge on any atom is -0.507 e. The van der Waals surface area contributed by atoms with Crippen molar-refractivity contribution < 1.29 is 23.8 Å². The summed E-state index contributed by atoms with van der Waals surface area (Å²) in [4.78, 5) is 32.4. The number of halogens is 2. The van der Waals surface area contributed by atoms with Gasteiger partial charge in [-0.25, -0.2) is 9.37 Å². The zero-order chi connectivity index (χ0) is 24.0. The van der Waals surface area contributed by atoms with Gasteiger partial charge in [-0.1, -0.05) is 39.4 Å². The molecule has 6 nitrogen and oxygen atoms in total. The van der Waals surface area contributed by atoms with Crippen molar-refractivity contribution >= 4 is 60.1 Å². The number of anilines is 1. The largest absolute Gasteiger partial charge is 0.507 e. The molecule has 0 aliphatic carbocycles. The normalized spacial score (nSPS) is 17.5. The molecule has 0 radical (unpaired) electrons. The number of aliphatic hydroxyl groups excluding tert-OH is 1. The molecular formula is C25H16BrFN2O4S. The molecule has 2 heterocycles. The van der Waals surface area contributed by atoms with E-state index < -0.39 is 23.5 Å². The molecule has 170 valence electrons. The van der Waals surface area contributed by atoms with Gasteiger partial charge in [-0.15, -0.1) is 0 Å². The second-order valence-electron chi connectivity index (χ2n) is 7.56. The summed E-state index contributed by atoms with van der Waals surface area (Å²) in [7, 11) is 1.56. The highest BCUT2D eigenvalue weighted by Gasteiger charge is 2.48. The van der Waals surface area contributed by atoms with Crippen LogP contribution in [0.4, 0.5) is 9.52 Å². The van der Waals surface area contributed by atoms with Gasteiger partial charge in [0.1, 0.15) is 17.3 Å². The van der Waals surface area contributed by atoms with Gasteiger partial charge in [0.25, 0.3) is 5.78 Å². The average molecular weight is 539 g/mol. The lowest BCUT2D eigenvalue weighted by molar-refractivity contribution is -0.132. The number of thiazole rings is 1. The standard InChI is InChI=1S/C25H16BrFN2O4S/c1-33-17-9-10-18-19(12-17)34-25(28-18)29-21(14-3-2-4-15(26)11-14)20(23(31)24(29)32)22(30)13-5-7-16(27)8-6-13/h2-12,21,30H,1H3/t21-/m1/s1. The van der Waals surface area contributed by atoms with Crippen molar-refractivity contribution in [1.82, 2.24) is 4.98 Å². The van der Waals surface area contributed by atoms with Gasteiger partial charge >= 0.3 is 5.91 Å². The van der Waals surface area contributed by atoms with E-state index in [0.717, 1.165) is 9.17 Å². The maximum Gasteiger partial charge on any atom is 0.301 e. The van der Waals surface area contributed by atoms with Crippen molar-refractivity contribution in [2.24, 2.45) is 0 Å². The molecule has 0 unspecified atom stereocenters. The Labute approximate surface area is 206 Å². The Morgan fingerprint density at radius 3 is 2.59 bits per heavy atom. The molecule has 1 amide bonds. The Balaban J connectivity index is 1.72. The number of benzene rings is 3. The fourth-order valence-corrected chi connectivity index (χ4v) is 5.35. The summed E-state index contributed by atoms with van der Waals surface area (Å²) in [6, 6.07) is 16.6. The molecule has 1 N–H and O–H groups in total. The van der Waals surface area contributed by atoms with E-state index in [0.29, 0.717) is 22.0 Å². The Hall–Kier alpha value is -3.56. The van der Waals surface area contributed by atoms with E-state index in [1.54, 1.807) is 43.5 Å². The van der Waals surface area contributed by atoms with Crippen LogP contribution in [0.25, 0.3) is 16.0 Å². The smallest absolute Gasteiger partial charge is 0.301 e. The minimum absolute atomic E-state index is 0.0912. The summed E-state index contributed by atoms with van der Waals surface area (Å²) >= 11 is 4.67. The lowest BCUT2D eigenvalue weighted by Crippen LogP contribution is -2.29. The highest BCUT2D eigenvalue weighted by Crippen LogP contribution is 2.45. The van der Waals surface area contributed by atoms with E-state index in [1.807, 2.05) is 6.07 Å². The highest BCUT2D eigenvalue weighted by atomic mass is 79.9. The maximum absolute atomic E-state index is 13.4. The van der Waals surface area contributed by atoms with Crippen LogP contribution in [0.5, 0.6) is 5.75 Å². The van der Waals surface area contributed by atoms with E-state index in [-0.39, 0.29) is 16.9 Å². The Kier molecular flexibility index (Phi) is 5.66. The molecule has 5 rings (SSSR count). The number of hydrogen-bond donors (Lipinski definition) is 1. The molecule has 1 aromatic heterocycles. The molecule has 1 atom stereocenters. The first-order chi connectivity index (χ1) is 16.4. The third-order valence-corrected chi connectivity index (χ3v) is 7.03. The molecule has 9 heteroatoms. The third kappa shape index (κ3) is 3.76. The molecule has 4 aromatic rings. The first kappa shape index (κ1) is 22.2. The van der Waals surface area contributed by atoms with E-state index in [2.05, 4.69) is 20.9 Å². The Bertz CT molecular complexity index is 1480. The van der Waals surface area contributed by atoms with Crippen LogP contribution in [0.1, 0.15) is 17.2 Å². The SMILES string of the molecule is COc1ccc2nc(N3C(=O)C(=O)C(=C(O)c4ccc(F)cc4)[C@H]3c3cccc(Br)c3)sc2c1. The number of Topliss-reactive ketones (excluding diaryl/α,β-unsaturated/α-hetero) is 1. The number of rotatable bonds is 4. The number of methoxy groups -OCH3 is 1. The van der Waals surface area contributed by atoms with Crippen molar-refractivity contribution in [3.05, 3.63) is 93.7 Å². The van der Waals surface area contributed by atoms with Gasteiger partial charge in [0.15, 0.2) is 5.13 Å². The fraction of sp³-hybridized carbons (Fsp3) is 0.0800. The number of ether oxygens (including phenoxy) is 1. The molecule has 34 heavy (non-hydrogen) atoms. The van der Waals surface area contributed by atoms with Crippen LogP contribution < -0.4 is 9.64 Å². The zero-order valence-electron chi connectivity index (χ0n) is 17.7. The second kappa shape index (κ2) is 8.66. The average Bonchev–Trinajstić information content (AvgIpc) is 3.36. The zero-order valence-corrected chi connectivity index (χ0v) is 20.1. The van der Waals surface area contributed by atoms with Crippen molar-refractivity contribution in [3.8, 4) is 5.75 Å². The number of amides is 1. The van der Waals surface area contributed by atoms with Gasteiger partial charge in [-0.05, 0) is 60.2 Å². The van der Waals surface area contributed by atoms with E-state index in [1.165, 1.54) is 40.5 Å². The quantitative estimate of drug-likeness (QED) is 0.201. The number of aliphatic hydroxyl groups is 1. The molecule has 1 fully saturated rings. The van der Waals surface area contributed by atoms with E-state index in [9.17, 15) is 19.1 Å². The van der Waals surface area contributed by atoms with E-state index >= 15 is 0 Å². The molecule has 1 aliphatic heterocycles. The van der Waals surface area contributed by atoms with Crippen LogP contribution >= 0.6 is 27.3 Å². The predicted molar refractivity (Wildman–Crippen MR) is 131 cm³/mol. The number of fused-ring (bicyclic) bond motifs is 1. The summed E-state index contributed by atoms with van der Waals surface area (Å²) in [6.07, 6.45) is 0. The highest BCUT2D eigenvalue weighted by molar-refractivity contribution is 9.10. The molecular weight excluding hydrogens is 523 g/mol. The van der Waals surface area contributed by atoms with Crippen LogP contribution in [-0.2, 0) is 9.59 Å². The lowest BCUT2D eigenvalue weighted by Gasteiger charge is -2.23. The summed E-state index contributed by atoms with van der Waals surface area (Å²) in [6.45, 7) is 0. The van der Waals surface area contributed by atoms with Crippen molar-refractivity contribution in [2.75, 3.05) is 12.0 Å². The summed E-state index contributed by atoms with van der Waals surface area (Å²) in [5, 5.41) is 11.4. The summed E-state index contributed by atoms with van der Waals surface area (Å²) in [5.41, 5.74) is 1.39. The van der Waals surface area contributed by atoms with Crippen molar-refractivity contribution in [3.63, 3.8) is 0 Å². The van der Waals surface area contributed by atoms with Crippen molar-refractivity contribution in [1.29, 1.82) is 0 Å². The van der Waals surface area contributed by atoms with Gasteiger partial charge in [0.05, 0.1) is 28.9 Å². The molecule has 0 bridgehead atoms. The van der Waals surface area contributed by atoms with Crippen LogP contribution in [0, 0.1) is 5.82 Å². The lowest BCUT2D eigenvalue weighted by atomic mass is 9.95. The van der Waals surface area contributed by atoms with Gasteiger partial charge in [0, 0.05) is 10.0 Å². The molecule has 0 saturated carbocycles. The van der Waals surface area contributed by atoms with Gasteiger partial charge in [-0.3, -0.25) is 14.5 Å². The fourth-order valence-electron chi connectivity index (χ4n) is 3.91. The number of ketones is 1. The maximum atomic E-state index is 13.4.